The molecule has 0 saturated heterocycles. The van der Waals surface area contributed by atoms with Gasteiger partial charge in [-0.3, -0.25) is 14.4 Å². The molecule has 1 atom stereocenters. The van der Waals surface area contributed by atoms with E-state index in [0.717, 1.165) is 11.8 Å². The van der Waals surface area contributed by atoms with Gasteiger partial charge in [0.1, 0.15) is 0 Å². The highest BCUT2D eigenvalue weighted by Gasteiger charge is 2.41. The summed E-state index contributed by atoms with van der Waals surface area (Å²) < 4.78 is -0.717. The molecule has 21 heavy (non-hydrogen) atoms. The second kappa shape index (κ2) is 7.41. The van der Waals surface area contributed by atoms with Gasteiger partial charge in [0.2, 0.25) is 5.91 Å². The number of carboxylic acids is 2. The number of carbonyl (C=O) groups excluding carboxylic acids is 2. The van der Waals surface area contributed by atoms with E-state index in [-0.39, 0.29) is 12.5 Å². The Hall–Kier alpha value is -1.61. The lowest BCUT2D eigenvalue weighted by Crippen LogP contribution is -2.43. The van der Waals surface area contributed by atoms with Crippen LogP contribution < -0.4 is 5.32 Å². The van der Waals surface area contributed by atoms with Crippen molar-refractivity contribution < 1.29 is 34.5 Å². The first-order valence-electron chi connectivity index (χ1n) is 6.02. The van der Waals surface area contributed by atoms with Gasteiger partial charge < -0.3 is 20.6 Å². The van der Waals surface area contributed by atoms with Crippen LogP contribution in [0.5, 0.6) is 0 Å². The second-order valence-corrected chi connectivity index (χ2v) is 6.99. The van der Waals surface area contributed by atoms with Crippen molar-refractivity contribution in [1.82, 2.24) is 5.32 Å². The molecule has 8 nitrogen and oxygen atoms in total. The first-order valence-corrected chi connectivity index (χ1v) is 6.83. The minimum absolute atomic E-state index is 0.170. The molecule has 0 heterocycles. The Bertz CT molecular complexity index is 449. The van der Waals surface area contributed by atoms with Gasteiger partial charge in [0.05, 0.1) is 12.8 Å². The van der Waals surface area contributed by atoms with Crippen LogP contribution in [-0.4, -0.2) is 55.2 Å². The number of amides is 1. The minimum atomic E-state index is -2.64. The van der Waals surface area contributed by atoms with Crippen LogP contribution in [-0.2, 0) is 19.2 Å². The number of aliphatic carboxylic acids is 2. The number of hydrogen-bond donors (Lipinski definition) is 4. The Morgan fingerprint density at radius 2 is 1.62 bits per heavy atom. The third-order valence-electron chi connectivity index (χ3n) is 2.43. The van der Waals surface area contributed by atoms with E-state index in [9.17, 15) is 24.3 Å². The third kappa shape index (κ3) is 7.66. The van der Waals surface area contributed by atoms with Crippen LogP contribution in [0, 0.1) is 0 Å². The number of carboxylic acid groups (broad SMARTS) is 2. The molecule has 0 aromatic carbocycles. The van der Waals surface area contributed by atoms with E-state index in [1.807, 2.05) is 0 Å². The van der Waals surface area contributed by atoms with Crippen molar-refractivity contribution in [3.05, 3.63) is 0 Å². The Kier molecular flexibility index (Phi) is 6.84. The van der Waals surface area contributed by atoms with Gasteiger partial charge in [0, 0.05) is 18.2 Å². The summed E-state index contributed by atoms with van der Waals surface area (Å²) in [4.78, 5) is 44.2. The fourth-order valence-electron chi connectivity index (χ4n) is 1.42. The van der Waals surface area contributed by atoms with Crippen LogP contribution >= 0.6 is 11.8 Å². The van der Waals surface area contributed by atoms with Gasteiger partial charge in [-0.15, -0.1) is 0 Å². The van der Waals surface area contributed by atoms with Crippen molar-refractivity contribution in [2.45, 2.75) is 44.0 Å². The van der Waals surface area contributed by atoms with Crippen LogP contribution in [0.4, 0.5) is 0 Å². The number of nitrogens with one attached hydrogen (secondary N) is 1. The molecular formula is C12H19NO7S. The lowest BCUT2D eigenvalue weighted by molar-refractivity contribution is -0.166. The van der Waals surface area contributed by atoms with Gasteiger partial charge in [0.25, 0.3) is 0 Å². The predicted molar refractivity (Wildman–Crippen MR) is 74.8 cm³/mol. The molecule has 0 rings (SSSR count). The van der Waals surface area contributed by atoms with Gasteiger partial charge in [-0.25, -0.2) is 4.79 Å². The molecule has 0 aromatic heterocycles. The zero-order chi connectivity index (χ0) is 16.8. The topological polar surface area (TPSA) is 141 Å². The van der Waals surface area contributed by atoms with Gasteiger partial charge in [-0.1, -0.05) is 11.8 Å². The van der Waals surface area contributed by atoms with Crippen molar-refractivity contribution in [1.29, 1.82) is 0 Å². The largest absolute Gasteiger partial charge is 0.481 e. The monoisotopic (exact) mass is 321 g/mol. The van der Waals surface area contributed by atoms with Crippen molar-refractivity contribution in [3.8, 4) is 0 Å². The van der Waals surface area contributed by atoms with Crippen LogP contribution in [0.1, 0.15) is 33.6 Å². The molecular weight excluding hydrogens is 302 g/mol. The summed E-state index contributed by atoms with van der Waals surface area (Å²) in [6, 6.07) is 0. The summed E-state index contributed by atoms with van der Waals surface area (Å²) in [5.74, 6) is -3.56. The zero-order valence-electron chi connectivity index (χ0n) is 12.0. The van der Waals surface area contributed by atoms with Crippen LogP contribution in [0.3, 0.4) is 0 Å². The smallest absolute Gasteiger partial charge is 0.336 e. The summed E-state index contributed by atoms with van der Waals surface area (Å²) in [5.41, 5.74) is -2.64. The van der Waals surface area contributed by atoms with E-state index < -0.39 is 40.2 Å². The number of carbonyl (C=O) groups is 4. The molecule has 0 radical (unpaired) electrons. The van der Waals surface area contributed by atoms with E-state index in [1.54, 1.807) is 13.8 Å². The SMILES string of the molecule is CC(=O)NCC(C)(C)SC(=O)CC(O)(CC(=O)O)C(=O)O. The molecule has 0 spiro atoms. The van der Waals surface area contributed by atoms with Crippen LogP contribution in [0.15, 0.2) is 0 Å². The molecule has 1 amide bonds. The normalized spacial score (nSPS) is 14.1. The van der Waals surface area contributed by atoms with Crippen molar-refractivity contribution in [3.63, 3.8) is 0 Å². The highest BCUT2D eigenvalue weighted by molar-refractivity contribution is 8.14. The van der Waals surface area contributed by atoms with Crippen molar-refractivity contribution in [2.24, 2.45) is 0 Å². The lowest BCUT2D eigenvalue weighted by atomic mass is 9.96. The molecule has 0 bridgehead atoms. The van der Waals surface area contributed by atoms with E-state index in [2.05, 4.69) is 5.32 Å². The summed E-state index contributed by atoms with van der Waals surface area (Å²) in [6.07, 6.45) is -1.90. The Morgan fingerprint density at radius 1 is 1.10 bits per heavy atom. The van der Waals surface area contributed by atoms with Gasteiger partial charge >= 0.3 is 11.9 Å². The lowest BCUT2D eigenvalue weighted by Gasteiger charge is -2.25. The van der Waals surface area contributed by atoms with Gasteiger partial charge in [-0.05, 0) is 13.8 Å². The number of aliphatic hydroxyl groups is 1. The molecule has 0 aliphatic heterocycles. The first kappa shape index (κ1) is 19.4. The summed E-state index contributed by atoms with van der Waals surface area (Å²) in [5, 5.41) is 29.1. The maximum Gasteiger partial charge on any atom is 0.336 e. The summed E-state index contributed by atoms with van der Waals surface area (Å²) in [7, 11) is 0. The highest BCUT2D eigenvalue weighted by atomic mass is 32.2. The maximum atomic E-state index is 11.8. The molecule has 4 N–H and O–H groups in total. The first-order chi connectivity index (χ1) is 9.38. The molecule has 0 fully saturated rings. The average Bonchev–Trinajstić information content (AvgIpc) is 2.23. The van der Waals surface area contributed by atoms with E-state index >= 15 is 0 Å². The predicted octanol–water partition coefficient (Wildman–Crippen LogP) is -0.159. The second-order valence-electron chi connectivity index (χ2n) is 5.23. The highest BCUT2D eigenvalue weighted by Crippen LogP contribution is 2.29. The van der Waals surface area contributed by atoms with Gasteiger partial charge in [-0.2, -0.15) is 0 Å². The van der Waals surface area contributed by atoms with E-state index in [0.29, 0.717) is 0 Å². The summed E-state index contributed by atoms with van der Waals surface area (Å²) in [6.45, 7) is 4.80. The number of hydrogen-bond acceptors (Lipinski definition) is 6. The molecule has 1 unspecified atom stereocenters. The van der Waals surface area contributed by atoms with E-state index in [1.165, 1.54) is 6.92 Å². The fraction of sp³-hybridized carbons (Fsp3) is 0.667. The van der Waals surface area contributed by atoms with Crippen LogP contribution in [0.2, 0.25) is 0 Å². The fourth-order valence-corrected chi connectivity index (χ4v) is 2.49. The van der Waals surface area contributed by atoms with Crippen LogP contribution in [0.25, 0.3) is 0 Å². The number of rotatable bonds is 8. The molecule has 120 valence electrons. The molecule has 0 saturated carbocycles. The quantitative estimate of drug-likeness (QED) is 0.483. The van der Waals surface area contributed by atoms with Gasteiger partial charge in [0.15, 0.2) is 10.7 Å². The molecule has 0 aliphatic carbocycles. The molecule has 0 aromatic rings. The Morgan fingerprint density at radius 3 is 2.00 bits per heavy atom. The van der Waals surface area contributed by atoms with E-state index in [4.69, 9.17) is 10.2 Å². The minimum Gasteiger partial charge on any atom is -0.481 e. The summed E-state index contributed by atoms with van der Waals surface area (Å²) >= 11 is 0.745. The maximum absolute atomic E-state index is 11.8. The Labute approximate surface area is 125 Å². The standard InChI is InChI=1S/C12H19NO7S/c1-7(14)13-6-11(2,3)21-9(17)5-12(20,10(18)19)4-8(15)16/h20H,4-6H2,1-3H3,(H,13,14)(H,15,16)(H,18,19). The zero-order valence-corrected chi connectivity index (χ0v) is 12.8. The van der Waals surface area contributed by atoms with Crippen molar-refractivity contribution >= 4 is 34.7 Å². The number of thioether (sulfide) groups is 1. The van der Waals surface area contributed by atoms with Crippen molar-refractivity contribution in [2.75, 3.05) is 6.54 Å². The molecule has 0 aliphatic rings. The third-order valence-corrected chi connectivity index (χ3v) is 3.50. The average molecular weight is 321 g/mol. The Balaban J connectivity index is 4.74. The molecule has 9 heteroatoms.